The van der Waals surface area contributed by atoms with E-state index in [1.807, 2.05) is 0 Å². The van der Waals surface area contributed by atoms with Gasteiger partial charge < -0.3 is 15.3 Å². The van der Waals surface area contributed by atoms with Crippen LogP contribution in [0.4, 0.5) is 0 Å². The first-order valence-corrected chi connectivity index (χ1v) is 4.90. The van der Waals surface area contributed by atoms with Crippen LogP contribution in [0, 0.1) is 0 Å². The van der Waals surface area contributed by atoms with E-state index in [9.17, 15) is 4.79 Å². The Morgan fingerprint density at radius 1 is 1.60 bits per heavy atom. The number of rotatable bonds is 2. The third kappa shape index (κ3) is 1.73. The molecule has 0 aliphatic rings. The summed E-state index contributed by atoms with van der Waals surface area (Å²) in [5, 5.41) is 8.76. The molecular weight excluding hydrogens is 264 g/mol. The summed E-state index contributed by atoms with van der Waals surface area (Å²) in [7, 11) is 0. The lowest BCUT2D eigenvalue weighted by Crippen LogP contribution is -2.20. The summed E-state index contributed by atoms with van der Waals surface area (Å²) in [6.45, 7) is 0. The van der Waals surface area contributed by atoms with Gasteiger partial charge in [-0.25, -0.2) is 4.98 Å². The largest absolute Gasteiger partial charge is 0.480 e. The molecule has 0 saturated carbocycles. The third-order valence-corrected chi connectivity index (χ3v) is 2.62. The third-order valence-electron chi connectivity index (χ3n) is 2.03. The molecule has 6 heteroatoms. The van der Waals surface area contributed by atoms with Crippen molar-refractivity contribution in [1.29, 1.82) is 0 Å². The Balaban J connectivity index is 2.58. The van der Waals surface area contributed by atoms with E-state index in [1.165, 1.54) is 6.39 Å². The number of halogens is 1. The van der Waals surface area contributed by atoms with Crippen LogP contribution in [-0.4, -0.2) is 16.1 Å². The number of carbonyl (C=O) groups is 1. The Hall–Kier alpha value is -1.40. The number of fused-ring (bicyclic) bond motifs is 1. The monoisotopic (exact) mass is 270 g/mol. The molecule has 1 heterocycles. The van der Waals surface area contributed by atoms with E-state index in [1.54, 1.807) is 12.1 Å². The Kier molecular flexibility index (Phi) is 2.45. The van der Waals surface area contributed by atoms with Crippen molar-refractivity contribution in [3.05, 3.63) is 28.6 Å². The molecule has 0 radical (unpaired) electrons. The van der Waals surface area contributed by atoms with Crippen LogP contribution in [-0.2, 0) is 4.79 Å². The minimum absolute atomic E-state index is 0.482. The molecule has 5 nitrogen and oxygen atoms in total. The fourth-order valence-electron chi connectivity index (χ4n) is 1.27. The summed E-state index contributed by atoms with van der Waals surface area (Å²) in [5.41, 5.74) is 7.13. The number of carboxylic acids is 1. The second-order valence-electron chi connectivity index (χ2n) is 3.02. The maximum Gasteiger partial charge on any atom is 0.325 e. The molecule has 0 fully saturated rings. The first kappa shape index (κ1) is 10.1. The van der Waals surface area contributed by atoms with Crippen LogP contribution < -0.4 is 5.73 Å². The smallest absolute Gasteiger partial charge is 0.325 e. The molecule has 1 atom stereocenters. The van der Waals surface area contributed by atoms with Gasteiger partial charge in [0.2, 0.25) is 0 Å². The van der Waals surface area contributed by atoms with Gasteiger partial charge in [0.25, 0.3) is 0 Å². The maximum atomic E-state index is 10.7. The molecule has 0 saturated heterocycles. The summed E-state index contributed by atoms with van der Waals surface area (Å²) in [4.78, 5) is 14.6. The van der Waals surface area contributed by atoms with E-state index >= 15 is 0 Å². The van der Waals surface area contributed by atoms with E-state index in [2.05, 4.69) is 20.9 Å². The average molecular weight is 271 g/mol. The molecule has 0 spiro atoms. The molecule has 78 valence electrons. The van der Waals surface area contributed by atoms with E-state index < -0.39 is 12.0 Å². The molecule has 0 aliphatic heterocycles. The summed E-state index contributed by atoms with van der Waals surface area (Å²) in [6, 6.07) is 2.16. The Morgan fingerprint density at radius 3 is 3.00 bits per heavy atom. The molecule has 1 unspecified atom stereocenters. The summed E-state index contributed by atoms with van der Waals surface area (Å²) in [6.07, 6.45) is 1.30. The number of carboxylic acid groups (broad SMARTS) is 1. The van der Waals surface area contributed by atoms with Gasteiger partial charge in [0.15, 0.2) is 12.0 Å². The topological polar surface area (TPSA) is 89.4 Å². The predicted molar refractivity (Wildman–Crippen MR) is 56.3 cm³/mol. The Morgan fingerprint density at radius 2 is 2.33 bits per heavy atom. The maximum absolute atomic E-state index is 10.7. The zero-order valence-electron chi connectivity index (χ0n) is 7.48. The highest BCUT2D eigenvalue weighted by Gasteiger charge is 2.17. The van der Waals surface area contributed by atoms with Crippen LogP contribution in [0.3, 0.4) is 0 Å². The standard InChI is InChI=1S/C9H7BrN2O3/c10-5-1-4(7(11)9(13)14)2-6-8(5)15-3-12-6/h1-3,7H,11H2,(H,13,14). The average Bonchev–Trinajstić information content (AvgIpc) is 2.64. The van der Waals surface area contributed by atoms with E-state index in [0.717, 1.165) is 0 Å². The molecule has 0 bridgehead atoms. The highest BCUT2D eigenvalue weighted by Crippen LogP contribution is 2.27. The highest BCUT2D eigenvalue weighted by molar-refractivity contribution is 9.10. The first-order valence-electron chi connectivity index (χ1n) is 4.10. The van der Waals surface area contributed by atoms with Crippen LogP contribution in [0.1, 0.15) is 11.6 Å². The fraction of sp³-hybridized carbons (Fsp3) is 0.111. The van der Waals surface area contributed by atoms with Gasteiger partial charge in [-0.15, -0.1) is 0 Å². The summed E-state index contributed by atoms with van der Waals surface area (Å²) < 4.78 is 5.74. The minimum atomic E-state index is -1.08. The van der Waals surface area contributed by atoms with Gasteiger partial charge in [0.1, 0.15) is 11.6 Å². The number of benzene rings is 1. The van der Waals surface area contributed by atoms with Gasteiger partial charge in [-0.05, 0) is 33.6 Å². The van der Waals surface area contributed by atoms with Crippen molar-refractivity contribution >= 4 is 33.0 Å². The molecule has 0 aliphatic carbocycles. The van der Waals surface area contributed by atoms with Gasteiger partial charge in [-0.3, -0.25) is 4.79 Å². The lowest BCUT2D eigenvalue weighted by atomic mass is 10.1. The van der Waals surface area contributed by atoms with Crippen molar-refractivity contribution in [3.8, 4) is 0 Å². The predicted octanol–water partition coefficient (Wildman–Crippen LogP) is 1.67. The number of nitrogens with two attached hydrogens (primary N) is 1. The molecular formula is C9H7BrN2O3. The van der Waals surface area contributed by atoms with Gasteiger partial charge in [-0.2, -0.15) is 0 Å². The van der Waals surface area contributed by atoms with Crippen molar-refractivity contribution in [1.82, 2.24) is 4.98 Å². The van der Waals surface area contributed by atoms with Gasteiger partial charge in [0.05, 0.1) is 4.47 Å². The molecule has 3 N–H and O–H groups in total. The van der Waals surface area contributed by atoms with Crippen molar-refractivity contribution in [2.24, 2.45) is 5.73 Å². The van der Waals surface area contributed by atoms with Crippen LogP contribution >= 0.6 is 15.9 Å². The van der Waals surface area contributed by atoms with E-state index in [0.29, 0.717) is 21.1 Å². The number of hydrogen-bond acceptors (Lipinski definition) is 4. The van der Waals surface area contributed by atoms with Crippen molar-refractivity contribution in [2.45, 2.75) is 6.04 Å². The van der Waals surface area contributed by atoms with Crippen molar-refractivity contribution < 1.29 is 14.3 Å². The van der Waals surface area contributed by atoms with Crippen LogP contribution in [0.2, 0.25) is 0 Å². The normalized spacial score (nSPS) is 12.9. The lowest BCUT2D eigenvalue weighted by Gasteiger charge is -2.06. The molecule has 15 heavy (non-hydrogen) atoms. The summed E-state index contributed by atoms with van der Waals surface area (Å²) in [5.74, 6) is -1.08. The number of aromatic nitrogens is 1. The zero-order chi connectivity index (χ0) is 11.0. The molecule has 1 aromatic heterocycles. The highest BCUT2D eigenvalue weighted by atomic mass is 79.9. The quantitative estimate of drug-likeness (QED) is 0.867. The summed E-state index contributed by atoms with van der Waals surface area (Å²) >= 11 is 3.26. The van der Waals surface area contributed by atoms with Crippen LogP contribution in [0.25, 0.3) is 11.1 Å². The van der Waals surface area contributed by atoms with Gasteiger partial charge in [-0.1, -0.05) is 0 Å². The molecule has 1 aromatic carbocycles. The molecule has 2 rings (SSSR count). The number of oxazole rings is 1. The molecule has 0 amide bonds. The lowest BCUT2D eigenvalue weighted by molar-refractivity contribution is -0.138. The SMILES string of the molecule is NC(C(=O)O)c1cc(Br)c2ocnc2c1. The fourth-order valence-corrected chi connectivity index (χ4v) is 1.83. The Bertz CT molecular complexity index is 523. The number of nitrogens with zero attached hydrogens (tertiary/aromatic N) is 1. The van der Waals surface area contributed by atoms with E-state index in [-0.39, 0.29) is 0 Å². The number of aliphatic carboxylic acids is 1. The second kappa shape index (κ2) is 3.63. The van der Waals surface area contributed by atoms with Gasteiger partial charge >= 0.3 is 5.97 Å². The van der Waals surface area contributed by atoms with Crippen molar-refractivity contribution in [2.75, 3.05) is 0 Å². The zero-order valence-corrected chi connectivity index (χ0v) is 9.06. The number of hydrogen-bond donors (Lipinski definition) is 2. The molecule has 2 aromatic rings. The van der Waals surface area contributed by atoms with Gasteiger partial charge in [0, 0.05) is 0 Å². The minimum Gasteiger partial charge on any atom is -0.480 e. The Labute approximate surface area is 93.0 Å². The first-order chi connectivity index (χ1) is 7.09. The van der Waals surface area contributed by atoms with Crippen LogP contribution in [0.15, 0.2) is 27.4 Å². The van der Waals surface area contributed by atoms with Crippen LogP contribution in [0.5, 0.6) is 0 Å². The van der Waals surface area contributed by atoms with Crippen molar-refractivity contribution in [3.63, 3.8) is 0 Å². The van der Waals surface area contributed by atoms with E-state index in [4.69, 9.17) is 15.3 Å². The second-order valence-corrected chi connectivity index (χ2v) is 3.87.